The zero-order chi connectivity index (χ0) is 13.0. The van der Waals surface area contributed by atoms with Crippen molar-refractivity contribution < 1.29 is 4.79 Å². The molecule has 0 aliphatic heterocycles. The molecule has 0 aliphatic rings. The summed E-state index contributed by atoms with van der Waals surface area (Å²) >= 11 is 1.69. The van der Waals surface area contributed by atoms with E-state index in [0.717, 1.165) is 16.9 Å². The van der Waals surface area contributed by atoms with Crippen molar-refractivity contribution >= 4 is 27.5 Å². The molecule has 2 aromatic rings. The summed E-state index contributed by atoms with van der Waals surface area (Å²) in [5.41, 5.74) is 1.03. The molecule has 0 bridgehead atoms. The van der Waals surface area contributed by atoms with Gasteiger partial charge in [0.1, 0.15) is 0 Å². The van der Waals surface area contributed by atoms with Crippen LogP contribution in [0.3, 0.4) is 0 Å². The van der Waals surface area contributed by atoms with Crippen molar-refractivity contribution in [1.82, 2.24) is 15.6 Å². The molecule has 0 saturated carbocycles. The number of hydrogen-bond acceptors (Lipinski definition) is 4. The summed E-state index contributed by atoms with van der Waals surface area (Å²) in [7, 11) is 1.76. The predicted octanol–water partition coefficient (Wildman–Crippen LogP) is 1.56. The molecule has 0 fully saturated rings. The molecule has 0 radical (unpaired) electrons. The Morgan fingerprint density at radius 2 is 2.22 bits per heavy atom. The summed E-state index contributed by atoms with van der Waals surface area (Å²) < 4.78 is 1.20. The number of thiazole rings is 1. The van der Waals surface area contributed by atoms with Gasteiger partial charge in [0, 0.05) is 12.5 Å². The number of hydrogen-bond donors (Lipinski definition) is 2. The lowest BCUT2D eigenvalue weighted by Gasteiger charge is -2.11. The average molecular weight is 263 g/mol. The molecule has 1 amide bonds. The summed E-state index contributed by atoms with van der Waals surface area (Å²) in [6.07, 6.45) is 0.773. The van der Waals surface area contributed by atoms with Crippen LogP contribution in [0.2, 0.25) is 0 Å². The maximum Gasteiger partial charge on any atom is 0.234 e. The normalized spacial score (nSPS) is 12.6. The Morgan fingerprint density at radius 1 is 1.44 bits per heavy atom. The molecular formula is C13H17N3OS. The maximum absolute atomic E-state index is 11.4. The second-order valence-corrected chi connectivity index (χ2v) is 5.39. The summed E-state index contributed by atoms with van der Waals surface area (Å²) in [5, 5.41) is 6.84. The van der Waals surface area contributed by atoms with Gasteiger partial charge in [0.25, 0.3) is 0 Å². The van der Waals surface area contributed by atoms with Crippen LogP contribution in [0.4, 0.5) is 0 Å². The fourth-order valence-electron chi connectivity index (χ4n) is 1.81. The quantitative estimate of drug-likeness (QED) is 0.861. The number of aromatic nitrogens is 1. The zero-order valence-electron chi connectivity index (χ0n) is 10.6. The maximum atomic E-state index is 11.4. The number of amides is 1. The topological polar surface area (TPSA) is 54.0 Å². The molecule has 18 heavy (non-hydrogen) atoms. The first-order valence-corrected chi connectivity index (χ1v) is 6.79. The predicted molar refractivity (Wildman–Crippen MR) is 74.9 cm³/mol. The molecule has 96 valence electrons. The van der Waals surface area contributed by atoms with Crippen LogP contribution in [0.15, 0.2) is 24.3 Å². The highest BCUT2D eigenvalue weighted by molar-refractivity contribution is 7.18. The van der Waals surface area contributed by atoms with Gasteiger partial charge < -0.3 is 10.6 Å². The van der Waals surface area contributed by atoms with Crippen LogP contribution in [0.5, 0.6) is 0 Å². The van der Waals surface area contributed by atoms with Crippen molar-refractivity contribution in [1.29, 1.82) is 0 Å². The number of carbonyl (C=O) groups is 1. The molecule has 0 aliphatic carbocycles. The number of carbonyl (C=O) groups excluding carboxylic acids is 1. The lowest BCUT2D eigenvalue weighted by molar-refractivity contribution is -0.120. The Morgan fingerprint density at radius 3 is 2.94 bits per heavy atom. The van der Waals surface area contributed by atoms with Crippen LogP contribution in [0.1, 0.15) is 11.9 Å². The Bertz CT molecular complexity index is 505. The molecular weight excluding hydrogens is 246 g/mol. The molecule has 1 atom stereocenters. The van der Waals surface area contributed by atoms with Gasteiger partial charge in [0.15, 0.2) is 0 Å². The Balaban J connectivity index is 1.98. The van der Waals surface area contributed by atoms with Gasteiger partial charge in [-0.25, -0.2) is 4.98 Å². The highest BCUT2D eigenvalue weighted by atomic mass is 32.1. The van der Waals surface area contributed by atoms with Crippen LogP contribution in [0.25, 0.3) is 10.2 Å². The number of benzene rings is 1. The van der Waals surface area contributed by atoms with Crippen molar-refractivity contribution in [2.45, 2.75) is 19.4 Å². The monoisotopic (exact) mass is 263 g/mol. The first-order valence-electron chi connectivity index (χ1n) is 5.97. The first kappa shape index (κ1) is 13.0. The summed E-state index contributed by atoms with van der Waals surface area (Å²) in [4.78, 5) is 16.0. The Labute approximate surface area is 110 Å². The van der Waals surface area contributed by atoms with E-state index in [1.165, 1.54) is 4.70 Å². The van der Waals surface area contributed by atoms with Gasteiger partial charge in [-0.15, -0.1) is 11.3 Å². The van der Waals surface area contributed by atoms with Crippen molar-refractivity contribution in [3.8, 4) is 0 Å². The summed E-state index contributed by atoms with van der Waals surface area (Å²) in [6.45, 7) is 2.35. The van der Waals surface area contributed by atoms with Gasteiger partial charge in [-0.2, -0.15) is 0 Å². The Kier molecular flexibility index (Phi) is 4.28. The second kappa shape index (κ2) is 5.93. The van der Waals surface area contributed by atoms with Crippen molar-refractivity contribution in [3.05, 3.63) is 29.3 Å². The molecule has 1 aromatic heterocycles. The number of nitrogens with zero attached hydrogens (tertiary/aromatic N) is 1. The minimum Gasteiger partial charge on any atom is -0.352 e. The number of likely N-dealkylation sites (N-methyl/N-ethyl adjacent to an activating group) is 1. The lowest BCUT2D eigenvalue weighted by atomic mass is 10.2. The highest BCUT2D eigenvalue weighted by Crippen LogP contribution is 2.22. The minimum atomic E-state index is 0.0195. The molecule has 1 heterocycles. The molecule has 0 saturated heterocycles. The first-order chi connectivity index (χ1) is 8.69. The fourth-order valence-corrected chi connectivity index (χ4v) is 2.90. The van der Waals surface area contributed by atoms with E-state index in [1.54, 1.807) is 18.4 Å². The van der Waals surface area contributed by atoms with E-state index in [0.29, 0.717) is 6.54 Å². The molecule has 4 nitrogen and oxygen atoms in total. The summed E-state index contributed by atoms with van der Waals surface area (Å²) in [5.74, 6) is 0.0195. The average Bonchev–Trinajstić information content (AvgIpc) is 2.70. The molecule has 1 unspecified atom stereocenters. The number of rotatable bonds is 5. The fraction of sp³-hybridized carbons (Fsp3) is 0.385. The van der Waals surface area contributed by atoms with Gasteiger partial charge in [0.05, 0.1) is 21.8 Å². The third-order valence-electron chi connectivity index (χ3n) is 2.56. The zero-order valence-corrected chi connectivity index (χ0v) is 11.4. The van der Waals surface area contributed by atoms with Gasteiger partial charge in [-0.3, -0.25) is 4.79 Å². The van der Waals surface area contributed by atoms with E-state index < -0.39 is 0 Å². The largest absolute Gasteiger partial charge is 0.352 e. The van der Waals surface area contributed by atoms with Crippen molar-refractivity contribution in [3.63, 3.8) is 0 Å². The summed E-state index contributed by atoms with van der Waals surface area (Å²) in [6, 6.07) is 8.19. The highest BCUT2D eigenvalue weighted by Gasteiger charge is 2.10. The third-order valence-corrected chi connectivity index (χ3v) is 3.62. The molecule has 2 rings (SSSR count). The van der Waals surface area contributed by atoms with Gasteiger partial charge in [-0.05, 0) is 26.1 Å². The molecule has 0 spiro atoms. The Hall–Kier alpha value is -1.46. The van der Waals surface area contributed by atoms with Gasteiger partial charge in [-0.1, -0.05) is 12.1 Å². The van der Waals surface area contributed by atoms with E-state index in [-0.39, 0.29) is 11.9 Å². The van der Waals surface area contributed by atoms with Gasteiger partial charge >= 0.3 is 0 Å². The number of para-hydroxylation sites is 1. The van der Waals surface area contributed by atoms with E-state index in [4.69, 9.17) is 0 Å². The van der Waals surface area contributed by atoms with Crippen LogP contribution >= 0.6 is 11.3 Å². The molecule has 1 aromatic carbocycles. The standard InChI is InChI=1S/C13H17N3OS/c1-9(15-12(17)8-14-2)7-13-16-10-5-3-4-6-11(10)18-13/h3-6,9,14H,7-8H2,1-2H3,(H,15,17). The van der Waals surface area contributed by atoms with E-state index in [9.17, 15) is 4.79 Å². The molecule has 5 heteroatoms. The van der Waals surface area contributed by atoms with Crippen LogP contribution in [-0.4, -0.2) is 30.5 Å². The van der Waals surface area contributed by atoms with Crippen molar-refractivity contribution in [2.24, 2.45) is 0 Å². The van der Waals surface area contributed by atoms with E-state index in [1.807, 2.05) is 25.1 Å². The SMILES string of the molecule is CNCC(=O)NC(C)Cc1nc2ccccc2s1. The second-order valence-electron chi connectivity index (χ2n) is 4.28. The number of nitrogens with one attached hydrogen (secondary N) is 2. The van der Waals surface area contributed by atoms with Crippen molar-refractivity contribution in [2.75, 3.05) is 13.6 Å². The van der Waals surface area contributed by atoms with E-state index >= 15 is 0 Å². The van der Waals surface area contributed by atoms with Crippen LogP contribution in [0, 0.1) is 0 Å². The minimum absolute atomic E-state index is 0.0195. The number of fused-ring (bicyclic) bond motifs is 1. The van der Waals surface area contributed by atoms with Gasteiger partial charge in [0.2, 0.25) is 5.91 Å². The molecule has 2 N–H and O–H groups in total. The van der Waals surface area contributed by atoms with E-state index in [2.05, 4.69) is 21.7 Å². The smallest absolute Gasteiger partial charge is 0.234 e. The van der Waals surface area contributed by atoms with Crippen LogP contribution in [-0.2, 0) is 11.2 Å². The van der Waals surface area contributed by atoms with Crippen LogP contribution < -0.4 is 10.6 Å². The third kappa shape index (κ3) is 3.27. The lowest BCUT2D eigenvalue weighted by Crippen LogP contribution is -2.39.